The summed E-state index contributed by atoms with van der Waals surface area (Å²) in [5, 5.41) is 8.15. The topological polar surface area (TPSA) is 89.6 Å². The molecular formula is C33H32ClN5O3. The summed E-state index contributed by atoms with van der Waals surface area (Å²) in [4.78, 5) is 45.4. The van der Waals surface area contributed by atoms with Crippen LogP contribution in [0.5, 0.6) is 0 Å². The zero-order chi connectivity index (χ0) is 29.4. The fraction of sp³-hybridized carbons (Fsp3) is 0.273. The number of nitrogens with zero attached hydrogens (tertiary/aromatic N) is 4. The molecule has 1 fully saturated rings. The third-order valence-electron chi connectivity index (χ3n) is 8.46. The molecule has 2 aliphatic rings. The molecule has 4 aromatic rings. The fourth-order valence-corrected chi connectivity index (χ4v) is 5.98. The zero-order valence-electron chi connectivity index (χ0n) is 23.6. The van der Waals surface area contributed by atoms with Gasteiger partial charge >= 0.3 is 0 Å². The highest BCUT2D eigenvalue weighted by molar-refractivity contribution is 6.30. The van der Waals surface area contributed by atoms with Crippen molar-refractivity contribution in [1.29, 1.82) is 0 Å². The summed E-state index contributed by atoms with van der Waals surface area (Å²) < 4.78 is 0. The smallest absolute Gasteiger partial charge is 0.263 e. The monoisotopic (exact) mass is 581 g/mol. The number of rotatable bonds is 7. The van der Waals surface area contributed by atoms with E-state index in [1.807, 2.05) is 74.6 Å². The fourth-order valence-electron chi connectivity index (χ4n) is 5.86. The SMILES string of the molecule is C[C@@H](c1cc(-c2ccccc2)n[nH]1)N(C)C(=O)C1CCN(c2cccc3c2C(=O)N(Cc2ccc(Cl)cc2)C3=O)CC1. The van der Waals surface area contributed by atoms with Gasteiger partial charge in [-0.1, -0.05) is 60.1 Å². The van der Waals surface area contributed by atoms with Crippen molar-refractivity contribution in [2.45, 2.75) is 32.4 Å². The Morgan fingerprint density at radius 1 is 1.00 bits per heavy atom. The third kappa shape index (κ3) is 5.18. The Balaban J connectivity index is 1.11. The van der Waals surface area contributed by atoms with Crippen LogP contribution in [-0.4, -0.2) is 57.9 Å². The number of aromatic nitrogens is 2. The number of piperidine rings is 1. The van der Waals surface area contributed by atoms with Crippen LogP contribution in [0.2, 0.25) is 5.02 Å². The molecule has 1 aromatic heterocycles. The van der Waals surface area contributed by atoms with Crippen LogP contribution >= 0.6 is 11.6 Å². The van der Waals surface area contributed by atoms with Gasteiger partial charge in [0.25, 0.3) is 11.8 Å². The molecule has 3 heterocycles. The maximum Gasteiger partial charge on any atom is 0.263 e. The summed E-state index contributed by atoms with van der Waals surface area (Å²) in [7, 11) is 1.84. The number of carbonyl (C=O) groups excluding carboxylic acids is 3. The molecule has 1 atom stereocenters. The molecule has 0 spiro atoms. The van der Waals surface area contributed by atoms with Gasteiger partial charge in [0, 0.05) is 36.6 Å². The minimum Gasteiger partial charge on any atom is -0.371 e. The average Bonchev–Trinajstić information content (AvgIpc) is 3.62. The maximum absolute atomic E-state index is 13.5. The maximum atomic E-state index is 13.5. The van der Waals surface area contributed by atoms with Crippen LogP contribution in [0.15, 0.2) is 78.9 Å². The molecule has 0 aliphatic carbocycles. The second-order valence-electron chi connectivity index (χ2n) is 11.0. The lowest BCUT2D eigenvalue weighted by molar-refractivity contribution is -0.136. The van der Waals surface area contributed by atoms with E-state index in [1.165, 1.54) is 4.90 Å². The first-order valence-electron chi connectivity index (χ1n) is 14.2. The number of H-pyrrole nitrogens is 1. The number of carbonyl (C=O) groups is 3. The summed E-state index contributed by atoms with van der Waals surface area (Å²) in [6.07, 6.45) is 1.32. The highest BCUT2D eigenvalue weighted by Gasteiger charge is 2.39. The number of fused-ring (bicyclic) bond motifs is 1. The molecule has 0 saturated carbocycles. The van der Waals surface area contributed by atoms with Gasteiger partial charge in [-0.05, 0) is 55.7 Å². The molecule has 6 rings (SSSR count). The lowest BCUT2D eigenvalue weighted by Crippen LogP contribution is -2.42. The van der Waals surface area contributed by atoms with Crippen LogP contribution in [0.3, 0.4) is 0 Å². The van der Waals surface area contributed by atoms with E-state index in [0.29, 0.717) is 42.1 Å². The van der Waals surface area contributed by atoms with Crippen LogP contribution < -0.4 is 4.90 Å². The number of nitrogens with one attached hydrogen (secondary N) is 1. The lowest BCUT2D eigenvalue weighted by atomic mass is 9.93. The van der Waals surface area contributed by atoms with Crippen molar-refractivity contribution in [3.8, 4) is 11.3 Å². The van der Waals surface area contributed by atoms with Crippen LogP contribution in [0.1, 0.15) is 57.8 Å². The zero-order valence-corrected chi connectivity index (χ0v) is 24.3. The number of aromatic amines is 1. The first kappa shape index (κ1) is 27.7. The summed E-state index contributed by atoms with van der Waals surface area (Å²) in [5.41, 5.74) is 5.21. The summed E-state index contributed by atoms with van der Waals surface area (Å²) in [6.45, 7) is 3.43. The number of imide groups is 1. The molecule has 1 N–H and O–H groups in total. The predicted octanol–water partition coefficient (Wildman–Crippen LogP) is 5.96. The minimum absolute atomic E-state index is 0.0942. The van der Waals surface area contributed by atoms with Crippen LogP contribution in [0.4, 0.5) is 5.69 Å². The van der Waals surface area contributed by atoms with E-state index in [4.69, 9.17) is 11.6 Å². The molecule has 2 aliphatic heterocycles. The van der Waals surface area contributed by atoms with E-state index in [0.717, 1.165) is 28.2 Å². The van der Waals surface area contributed by atoms with Gasteiger partial charge in [-0.2, -0.15) is 5.10 Å². The highest BCUT2D eigenvalue weighted by Crippen LogP contribution is 2.35. The van der Waals surface area contributed by atoms with Gasteiger partial charge in [-0.15, -0.1) is 0 Å². The number of anilines is 1. The van der Waals surface area contributed by atoms with Gasteiger partial charge in [0.1, 0.15) is 0 Å². The van der Waals surface area contributed by atoms with E-state index in [1.54, 1.807) is 23.1 Å². The Morgan fingerprint density at radius 3 is 2.43 bits per heavy atom. The molecular weight excluding hydrogens is 550 g/mol. The molecule has 0 unspecified atom stereocenters. The number of hydrogen-bond acceptors (Lipinski definition) is 5. The summed E-state index contributed by atoms with van der Waals surface area (Å²) in [6, 6.07) is 24.4. The van der Waals surface area contributed by atoms with Crippen molar-refractivity contribution in [1.82, 2.24) is 20.0 Å². The van der Waals surface area contributed by atoms with Crippen LogP contribution in [-0.2, 0) is 11.3 Å². The first-order valence-corrected chi connectivity index (χ1v) is 14.6. The molecule has 3 amide bonds. The predicted molar refractivity (Wildman–Crippen MR) is 162 cm³/mol. The molecule has 8 nitrogen and oxygen atoms in total. The Kier molecular flexibility index (Phi) is 7.56. The average molecular weight is 582 g/mol. The van der Waals surface area contributed by atoms with Crippen molar-refractivity contribution in [3.63, 3.8) is 0 Å². The van der Waals surface area contributed by atoms with Gasteiger partial charge in [-0.25, -0.2) is 0 Å². The van der Waals surface area contributed by atoms with Crippen molar-refractivity contribution < 1.29 is 14.4 Å². The first-order chi connectivity index (χ1) is 20.3. The number of amides is 3. The Labute approximate surface area is 249 Å². The van der Waals surface area contributed by atoms with Gasteiger partial charge in [0.15, 0.2) is 0 Å². The minimum atomic E-state index is -0.290. The largest absolute Gasteiger partial charge is 0.371 e. The quantitative estimate of drug-likeness (QED) is 0.272. The standard InChI is InChI=1S/C33H32ClN5O3/c1-21(27-19-28(36-35-27)23-7-4-3-5-8-23)37(2)31(40)24-15-17-38(18-16-24)29-10-6-9-26-30(29)33(42)39(32(26)41)20-22-11-13-25(34)14-12-22/h3-14,19,21,24H,15-18,20H2,1-2H3,(H,35,36)/t21-/m0/s1. The Morgan fingerprint density at radius 2 is 1.71 bits per heavy atom. The van der Waals surface area contributed by atoms with Crippen molar-refractivity contribution in [2.24, 2.45) is 5.92 Å². The molecule has 214 valence electrons. The van der Waals surface area contributed by atoms with E-state index >= 15 is 0 Å². The molecule has 0 radical (unpaired) electrons. The molecule has 1 saturated heterocycles. The highest BCUT2D eigenvalue weighted by atomic mass is 35.5. The van der Waals surface area contributed by atoms with Gasteiger partial charge < -0.3 is 9.80 Å². The van der Waals surface area contributed by atoms with Crippen LogP contribution in [0.25, 0.3) is 11.3 Å². The normalized spacial score (nSPS) is 16.1. The summed E-state index contributed by atoms with van der Waals surface area (Å²) >= 11 is 6.00. The number of benzene rings is 3. The van der Waals surface area contributed by atoms with Gasteiger partial charge in [0.2, 0.25) is 5.91 Å². The molecule has 3 aromatic carbocycles. The van der Waals surface area contributed by atoms with E-state index < -0.39 is 0 Å². The Hall–Kier alpha value is -4.43. The molecule has 0 bridgehead atoms. The van der Waals surface area contributed by atoms with Gasteiger partial charge in [0.05, 0.1) is 40.8 Å². The Bertz CT molecular complexity index is 1630. The second kappa shape index (κ2) is 11.4. The number of hydrogen-bond donors (Lipinski definition) is 1. The summed E-state index contributed by atoms with van der Waals surface area (Å²) in [5.74, 6) is -0.610. The van der Waals surface area contributed by atoms with Crippen molar-refractivity contribution in [2.75, 3.05) is 25.0 Å². The third-order valence-corrected chi connectivity index (χ3v) is 8.71. The van der Waals surface area contributed by atoms with Crippen molar-refractivity contribution in [3.05, 3.63) is 106 Å². The van der Waals surface area contributed by atoms with E-state index in [-0.39, 0.29) is 36.2 Å². The molecule has 42 heavy (non-hydrogen) atoms. The second-order valence-corrected chi connectivity index (χ2v) is 11.4. The van der Waals surface area contributed by atoms with Crippen LogP contribution in [0, 0.1) is 5.92 Å². The molecule has 9 heteroatoms. The van der Waals surface area contributed by atoms with Gasteiger partial charge in [-0.3, -0.25) is 24.4 Å². The lowest BCUT2D eigenvalue weighted by Gasteiger charge is -2.36. The van der Waals surface area contributed by atoms with E-state index in [2.05, 4.69) is 15.1 Å². The van der Waals surface area contributed by atoms with Crippen molar-refractivity contribution >= 4 is 35.0 Å². The van der Waals surface area contributed by atoms with E-state index in [9.17, 15) is 14.4 Å². The number of halogens is 1.